The zero-order valence-corrected chi connectivity index (χ0v) is 11.4. The highest BCUT2D eigenvalue weighted by Crippen LogP contribution is 2.38. The lowest BCUT2D eigenvalue weighted by molar-refractivity contribution is -0.00656. The van der Waals surface area contributed by atoms with Crippen LogP contribution < -0.4 is 5.32 Å². The first-order valence-electron chi connectivity index (χ1n) is 6.52. The summed E-state index contributed by atoms with van der Waals surface area (Å²) in [5.41, 5.74) is -0.174. The lowest BCUT2D eigenvalue weighted by Gasteiger charge is -2.43. The average Bonchev–Trinajstić information content (AvgIpc) is 2.55. The number of amides is 1. The molecule has 2 heterocycles. The highest BCUT2D eigenvalue weighted by atomic mass is 16.6. The summed E-state index contributed by atoms with van der Waals surface area (Å²) in [5, 5.41) is 3.40. The Morgan fingerprint density at radius 3 is 2.82 bits per heavy atom. The van der Waals surface area contributed by atoms with Crippen molar-refractivity contribution in [1.29, 1.82) is 0 Å². The van der Waals surface area contributed by atoms with Crippen molar-refractivity contribution in [1.82, 2.24) is 10.2 Å². The van der Waals surface area contributed by atoms with Gasteiger partial charge >= 0.3 is 6.09 Å². The van der Waals surface area contributed by atoms with E-state index in [2.05, 4.69) is 12.2 Å². The maximum Gasteiger partial charge on any atom is 0.410 e. The molecule has 2 atom stereocenters. The van der Waals surface area contributed by atoms with Crippen molar-refractivity contribution in [2.45, 2.75) is 52.2 Å². The molecular weight excluding hydrogens is 216 g/mol. The number of nitrogens with one attached hydrogen (secondary N) is 1. The summed E-state index contributed by atoms with van der Waals surface area (Å²) in [7, 11) is 0. The number of ether oxygens (including phenoxy) is 1. The monoisotopic (exact) mass is 240 g/mol. The Kier molecular flexibility index (Phi) is 3.10. The summed E-state index contributed by atoms with van der Waals surface area (Å²) in [6.45, 7) is 10.8. The van der Waals surface area contributed by atoms with Gasteiger partial charge in [-0.15, -0.1) is 0 Å². The van der Waals surface area contributed by atoms with E-state index in [9.17, 15) is 4.79 Å². The van der Waals surface area contributed by atoms with Gasteiger partial charge in [0, 0.05) is 25.0 Å². The van der Waals surface area contributed by atoms with Crippen LogP contribution in [-0.4, -0.2) is 42.3 Å². The van der Waals surface area contributed by atoms with E-state index in [-0.39, 0.29) is 11.5 Å². The Balaban J connectivity index is 2.08. The number of likely N-dealkylation sites (tertiary alicyclic amines) is 1. The van der Waals surface area contributed by atoms with Crippen LogP contribution in [0.5, 0.6) is 0 Å². The summed E-state index contributed by atoms with van der Waals surface area (Å²) in [6.07, 6.45) is 2.12. The molecule has 0 radical (unpaired) electrons. The van der Waals surface area contributed by atoms with Gasteiger partial charge in [0.25, 0.3) is 0 Å². The van der Waals surface area contributed by atoms with E-state index in [0.717, 1.165) is 26.1 Å². The maximum atomic E-state index is 12.2. The molecule has 2 aliphatic heterocycles. The molecule has 0 aromatic carbocycles. The highest BCUT2D eigenvalue weighted by molar-refractivity contribution is 5.69. The smallest absolute Gasteiger partial charge is 0.410 e. The van der Waals surface area contributed by atoms with Gasteiger partial charge in [-0.3, -0.25) is 0 Å². The van der Waals surface area contributed by atoms with Crippen LogP contribution in [0.25, 0.3) is 0 Å². The number of rotatable bonds is 0. The van der Waals surface area contributed by atoms with Crippen molar-refractivity contribution < 1.29 is 9.53 Å². The SMILES string of the molecule is CC(C)(C)OC(=O)N1CCCC2(C)CNCC12. The van der Waals surface area contributed by atoms with E-state index in [1.54, 1.807) is 0 Å². The van der Waals surface area contributed by atoms with Gasteiger partial charge in [-0.1, -0.05) is 6.92 Å². The van der Waals surface area contributed by atoms with Crippen molar-refractivity contribution >= 4 is 6.09 Å². The van der Waals surface area contributed by atoms with E-state index in [4.69, 9.17) is 4.74 Å². The van der Waals surface area contributed by atoms with Gasteiger partial charge in [0.05, 0.1) is 6.04 Å². The van der Waals surface area contributed by atoms with Crippen LogP contribution in [0.1, 0.15) is 40.5 Å². The Labute approximate surface area is 104 Å². The van der Waals surface area contributed by atoms with Crippen LogP contribution in [0.3, 0.4) is 0 Å². The molecule has 0 bridgehead atoms. The Morgan fingerprint density at radius 1 is 1.47 bits per heavy atom. The Bertz CT molecular complexity index is 311. The predicted molar refractivity (Wildman–Crippen MR) is 66.9 cm³/mol. The first-order valence-corrected chi connectivity index (χ1v) is 6.52. The molecule has 2 saturated heterocycles. The third-order valence-electron chi connectivity index (χ3n) is 3.82. The molecule has 2 unspecified atom stereocenters. The van der Waals surface area contributed by atoms with Crippen molar-refractivity contribution in [3.05, 3.63) is 0 Å². The van der Waals surface area contributed by atoms with Crippen LogP contribution in [0, 0.1) is 5.41 Å². The quantitative estimate of drug-likeness (QED) is 0.704. The van der Waals surface area contributed by atoms with Crippen molar-refractivity contribution in [3.63, 3.8) is 0 Å². The Hall–Kier alpha value is -0.770. The second-order valence-corrected chi connectivity index (χ2v) is 6.58. The van der Waals surface area contributed by atoms with Crippen LogP contribution in [0.15, 0.2) is 0 Å². The van der Waals surface area contributed by atoms with Gasteiger partial charge in [-0.25, -0.2) is 4.79 Å². The molecule has 4 nitrogen and oxygen atoms in total. The topological polar surface area (TPSA) is 41.6 Å². The largest absolute Gasteiger partial charge is 0.444 e. The zero-order chi connectivity index (χ0) is 12.7. The number of hydrogen-bond acceptors (Lipinski definition) is 3. The number of nitrogens with zero attached hydrogens (tertiary/aromatic N) is 1. The van der Waals surface area contributed by atoms with Crippen molar-refractivity contribution in [2.24, 2.45) is 5.41 Å². The molecule has 0 spiro atoms. The number of hydrogen-bond donors (Lipinski definition) is 1. The maximum absolute atomic E-state index is 12.2. The normalized spacial score (nSPS) is 33.4. The number of fused-ring (bicyclic) bond motifs is 1. The number of carbonyl (C=O) groups excluding carboxylic acids is 1. The molecule has 1 N–H and O–H groups in total. The van der Waals surface area contributed by atoms with Gasteiger partial charge in [0.1, 0.15) is 5.60 Å². The molecular formula is C13H24N2O2. The van der Waals surface area contributed by atoms with Crippen LogP contribution >= 0.6 is 0 Å². The zero-order valence-electron chi connectivity index (χ0n) is 11.4. The fourth-order valence-corrected chi connectivity index (χ4v) is 2.95. The van der Waals surface area contributed by atoms with Gasteiger partial charge in [0.15, 0.2) is 0 Å². The van der Waals surface area contributed by atoms with Crippen LogP contribution in [0.4, 0.5) is 4.79 Å². The van der Waals surface area contributed by atoms with E-state index in [1.165, 1.54) is 6.42 Å². The molecule has 0 aliphatic carbocycles. The minimum atomic E-state index is -0.406. The molecule has 2 aliphatic rings. The summed E-state index contributed by atoms with van der Waals surface area (Å²) in [6, 6.07) is 0.297. The first kappa shape index (κ1) is 12.7. The lowest BCUT2D eigenvalue weighted by Crippen LogP contribution is -2.54. The molecule has 0 aromatic heterocycles. The van der Waals surface area contributed by atoms with Crippen molar-refractivity contribution in [3.8, 4) is 0 Å². The fourth-order valence-electron chi connectivity index (χ4n) is 2.95. The lowest BCUT2D eigenvalue weighted by atomic mass is 9.77. The minimum Gasteiger partial charge on any atom is -0.444 e. The predicted octanol–water partition coefficient (Wildman–Crippen LogP) is 2.00. The third-order valence-corrected chi connectivity index (χ3v) is 3.82. The van der Waals surface area contributed by atoms with Gasteiger partial charge in [-0.2, -0.15) is 0 Å². The molecule has 0 saturated carbocycles. The second-order valence-electron chi connectivity index (χ2n) is 6.58. The van der Waals surface area contributed by atoms with E-state index in [1.807, 2.05) is 25.7 Å². The van der Waals surface area contributed by atoms with Crippen molar-refractivity contribution in [2.75, 3.05) is 19.6 Å². The summed E-state index contributed by atoms with van der Waals surface area (Å²) < 4.78 is 5.49. The highest BCUT2D eigenvalue weighted by Gasteiger charge is 2.46. The average molecular weight is 240 g/mol. The molecule has 2 fully saturated rings. The van der Waals surface area contributed by atoms with Crippen LogP contribution in [-0.2, 0) is 4.74 Å². The minimum absolute atomic E-state index is 0.155. The van der Waals surface area contributed by atoms with E-state index >= 15 is 0 Å². The van der Waals surface area contributed by atoms with Gasteiger partial charge in [0.2, 0.25) is 0 Å². The summed E-state index contributed by atoms with van der Waals surface area (Å²) >= 11 is 0. The second kappa shape index (κ2) is 4.16. The van der Waals surface area contributed by atoms with E-state index < -0.39 is 5.60 Å². The summed E-state index contributed by atoms with van der Waals surface area (Å²) in [5.74, 6) is 0. The first-order chi connectivity index (χ1) is 7.82. The van der Waals surface area contributed by atoms with E-state index in [0.29, 0.717) is 6.04 Å². The van der Waals surface area contributed by atoms with Gasteiger partial charge in [-0.05, 0) is 33.6 Å². The standard InChI is InChI=1S/C13H24N2O2/c1-12(2,3)17-11(16)15-7-5-6-13(4)9-14-8-10(13)15/h10,14H,5-9H2,1-4H3. The molecule has 0 aromatic rings. The molecule has 98 valence electrons. The fraction of sp³-hybridized carbons (Fsp3) is 0.923. The van der Waals surface area contributed by atoms with Gasteiger partial charge < -0.3 is 15.0 Å². The number of piperidine rings is 1. The summed E-state index contributed by atoms with van der Waals surface area (Å²) in [4.78, 5) is 14.1. The number of carbonyl (C=O) groups is 1. The Morgan fingerprint density at radius 2 is 2.18 bits per heavy atom. The molecule has 17 heavy (non-hydrogen) atoms. The molecule has 1 amide bonds. The van der Waals surface area contributed by atoms with Crippen LogP contribution in [0.2, 0.25) is 0 Å². The molecule has 4 heteroatoms. The third kappa shape index (κ3) is 2.57. The molecule has 2 rings (SSSR count).